The molecule has 1 aliphatic rings. The van der Waals surface area contributed by atoms with Crippen LogP contribution < -0.4 is 10.9 Å². The van der Waals surface area contributed by atoms with Crippen LogP contribution in [-0.4, -0.2) is 47.0 Å². The molecule has 0 unspecified atom stereocenters. The highest BCUT2D eigenvalue weighted by atomic mass is 16.2. The minimum Gasteiger partial charge on any atom is -0.340 e. The summed E-state index contributed by atoms with van der Waals surface area (Å²) in [5.74, 6) is 0.547. The zero-order valence-electron chi connectivity index (χ0n) is 15.2. The molecule has 0 spiro atoms. The highest BCUT2D eigenvalue weighted by Crippen LogP contribution is 2.31. The van der Waals surface area contributed by atoms with Crippen molar-refractivity contribution in [3.8, 4) is 0 Å². The Labute approximate surface area is 152 Å². The van der Waals surface area contributed by atoms with E-state index in [1.54, 1.807) is 11.9 Å². The van der Waals surface area contributed by atoms with Gasteiger partial charge in [0.05, 0.1) is 11.0 Å². The maximum atomic E-state index is 13.0. The smallest absolute Gasteiger partial charge is 0.275 e. The Morgan fingerprint density at radius 1 is 1.23 bits per heavy atom. The number of likely N-dealkylation sites (N-methyl/N-ethyl adjacent to an activating group) is 2. The van der Waals surface area contributed by atoms with Crippen LogP contribution in [0.2, 0.25) is 0 Å². The van der Waals surface area contributed by atoms with Gasteiger partial charge in [0, 0.05) is 38.4 Å². The second kappa shape index (κ2) is 6.61. The van der Waals surface area contributed by atoms with Crippen LogP contribution >= 0.6 is 0 Å². The standard InChI is InChI=1S/C20H24N4O2/c1-21-9-11-22(2)19(25)15-7-8-16-18(12-15)24(13-14-5-6-14)20(26)17-4-3-10-23(16)17/h3-4,7-8,10,12,14,21H,5-6,9,11,13H2,1-2H3. The molecule has 6 nitrogen and oxygen atoms in total. The lowest BCUT2D eigenvalue weighted by Crippen LogP contribution is -2.33. The summed E-state index contributed by atoms with van der Waals surface area (Å²) in [5, 5.41) is 3.05. The fourth-order valence-corrected chi connectivity index (χ4v) is 3.43. The number of hydrogen-bond donors (Lipinski definition) is 1. The second-order valence-electron chi connectivity index (χ2n) is 7.16. The number of rotatable bonds is 6. The van der Waals surface area contributed by atoms with E-state index in [1.807, 2.05) is 52.5 Å². The number of aromatic nitrogens is 2. The quantitative estimate of drug-likeness (QED) is 0.738. The Bertz CT molecular complexity index is 1030. The van der Waals surface area contributed by atoms with Crippen molar-refractivity contribution in [3.63, 3.8) is 0 Å². The molecule has 3 aromatic rings. The van der Waals surface area contributed by atoms with Gasteiger partial charge in [0.25, 0.3) is 11.5 Å². The van der Waals surface area contributed by atoms with Crippen molar-refractivity contribution in [1.29, 1.82) is 0 Å². The minimum absolute atomic E-state index is 0.0162. The molecule has 0 atom stereocenters. The van der Waals surface area contributed by atoms with E-state index in [4.69, 9.17) is 0 Å². The van der Waals surface area contributed by atoms with Gasteiger partial charge in [-0.25, -0.2) is 0 Å². The van der Waals surface area contributed by atoms with Crippen molar-refractivity contribution in [2.75, 3.05) is 27.2 Å². The van der Waals surface area contributed by atoms with Crippen molar-refractivity contribution >= 4 is 22.5 Å². The van der Waals surface area contributed by atoms with Gasteiger partial charge in [0.15, 0.2) is 0 Å². The molecule has 1 aromatic carbocycles. The Hall–Kier alpha value is -2.60. The van der Waals surface area contributed by atoms with E-state index < -0.39 is 0 Å². The van der Waals surface area contributed by atoms with Crippen molar-refractivity contribution in [2.24, 2.45) is 5.92 Å². The molecule has 136 valence electrons. The van der Waals surface area contributed by atoms with E-state index in [9.17, 15) is 9.59 Å². The Morgan fingerprint density at radius 2 is 2.04 bits per heavy atom. The summed E-state index contributed by atoms with van der Waals surface area (Å²) in [5.41, 5.74) is 3.11. The number of carbonyl (C=O) groups is 1. The zero-order chi connectivity index (χ0) is 18.3. The third-order valence-corrected chi connectivity index (χ3v) is 5.17. The highest BCUT2D eigenvalue weighted by Gasteiger charge is 2.24. The van der Waals surface area contributed by atoms with Crippen LogP contribution in [-0.2, 0) is 6.54 Å². The number of nitrogens with one attached hydrogen (secondary N) is 1. The summed E-state index contributed by atoms with van der Waals surface area (Å²) >= 11 is 0. The molecule has 2 heterocycles. The lowest BCUT2D eigenvalue weighted by atomic mass is 10.1. The molecule has 0 aliphatic heterocycles. The molecule has 1 fully saturated rings. The monoisotopic (exact) mass is 352 g/mol. The summed E-state index contributed by atoms with van der Waals surface area (Å²) in [6.07, 6.45) is 4.25. The second-order valence-corrected chi connectivity index (χ2v) is 7.16. The van der Waals surface area contributed by atoms with Crippen LogP contribution in [0.3, 0.4) is 0 Å². The predicted molar refractivity (Wildman–Crippen MR) is 103 cm³/mol. The molecule has 26 heavy (non-hydrogen) atoms. The average molecular weight is 352 g/mol. The van der Waals surface area contributed by atoms with E-state index in [-0.39, 0.29) is 11.5 Å². The first-order valence-corrected chi connectivity index (χ1v) is 9.14. The Kier molecular flexibility index (Phi) is 4.28. The van der Waals surface area contributed by atoms with Crippen LogP contribution in [0.15, 0.2) is 41.3 Å². The van der Waals surface area contributed by atoms with E-state index in [0.29, 0.717) is 23.5 Å². The topological polar surface area (TPSA) is 58.8 Å². The molecule has 4 rings (SSSR count). The van der Waals surface area contributed by atoms with Gasteiger partial charge < -0.3 is 19.2 Å². The molecule has 1 amide bonds. The third-order valence-electron chi connectivity index (χ3n) is 5.17. The molecule has 1 saturated carbocycles. The zero-order valence-corrected chi connectivity index (χ0v) is 15.2. The minimum atomic E-state index is -0.0276. The van der Waals surface area contributed by atoms with Gasteiger partial charge >= 0.3 is 0 Å². The Balaban J connectivity index is 1.84. The molecule has 0 radical (unpaired) electrons. The van der Waals surface area contributed by atoms with Crippen LogP contribution in [0, 0.1) is 5.92 Å². The maximum absolute atomic E-state index is 13.0. The maximum Gasteiger partial charge on any atom is 0.275 e. The highest BCUT2D eigenvalue weighted by molar-refractivity contribution is 5.97. The summed E-state index contributed by atoms with van der Waals surface area (Å²) in [4.78, 5) is 27.4. The van der Waals surface area contributed by atoms with Gasteiger partial charge in [0.1, 0.15) is 5.52 Å². The number of hydrogen-bond acceptors (Lipinski definition) is 3. The number of benzene rings is 1. The van der Waals surface area contributed by atoms with Crippen LogP contribution in [0.1, 0.15) is 23.2 Å². The first kappa shape index (κ1) is 16.8. The first-order chi connectivity index (χ1) is 12.6. The van der Waals surface area contributed by atoms with Gasteiger partial charge in [-0.1, -0.05) is 0 Å². The average Bonchev–Trinajstić information content (AvgIpc) is 3.34. The largest absolute Gasteiger partial charge is 0.340 e. The predicted octanol–water partition coefficient (Wildman–Crippen LogP) is 1.96. The van der Waals surface area contributed by atoms with Crippen molar-refractivity contribution in [1.82, 2.24) is 19.2 Å². The first-order valence-electron chi connectivity index (χ1n) is 9.14. The Morgan fingerprint density at radius 3 is 2.77 bits per heavy atom. The van der Waals surface area contributed by atoms with Crippen LogP contribution in [0.25, 0.3) is 16.6 Å². The SMILES string of the molecule is CNCCN(C)C(=O)c1ccc2c(c1)n(CC1CC1)c(=O)c1cccn12. The summed E-state index contributed by atoms with van der Waals surface area (Å²) in [6.45, 7) is 2.11. The van der Waals surface area contributed by atoms with E-state index in [1.165, 1.54) is 12.8 Å². The molecule has 1 N–H and O–H groups in total. The molecule has 0 saturated heterocycles. The third kappa shape index (κ3) is 2.90. The van der Waals surface area contributed by atoms with Crippen LogP contribution in [0.4, 0.5) is 0 Å². The van der Waals surface area contributed by atoms with E-state index >= 15 is 0 Å². The lowest BCUT2D eigenvalue weighted by Gasteiger charge is -2.18. The van der Waals surface area contributed by atoms with Crippen molar-refractivity contribution < 1.29 is 4.79 Å². The number of amides is 1. The molecule has 1 aliphatic carbocycles. The normalized spacial score (nSPS) is 14.2. The van der Waals surface area contributed by atoms with Gasteiger partial charge in [0.2, 0.25) is 0 Å². The van der Waals surface area contributed by atoms with Gasteiger partial charge in [-0.15, -0.1) is 0 Å². The number of fused-ring (bicyclic) bond motifs is 3. The summed E-state index contributed by atoms with van der Waals surface area (Å²) in [7, 11) is 3.67. The summed E-state index contributed by atoms with van der Waals surface area (Å²) in [6, 6.07) is 9.42. The van der Waals surface area contributed by atoms with Crippen LogP contribution in [0.5, 0.6) is 0 Å². The summed E-state index contributed by atoms with van der Waals surface area (Å²) < 4.78 is 3.77. The van der Waals surface area contributed by atoms with Crippen molar-refractivity contribution in [2.45, 2.75) is 19.4 Å². The molecular formula is C20H24N4O2. The van der Waals surface area contributed by atoms with Gasteiger partial charge in [-0.2, -0.15) is 0 Å². The fourth-order valence-electron chi connectivity index (χ4n) is 3.43. The van der Waals surface area contributed by atoms with E-state index in [2.05, 4.69) is 5.32 Å². The van der Waals surface area contributed by atoms with E-state index in [0.717, 1.165) is 24.1 Å². The lowest BCUT2D eigenvalue weighted by molar-refractivity contribution is 0.0797. The van der Waals surface area contributed by atoms with Crippen molar-refractivity contribution in [3.05, 3.63) is 52.4 Å². The van der Waals surface area contributed by atoms with Gasteiger partial charge in [-0.05, 0) is 56.1 Å². The fraction of sp³-hybridized carbons (Fsp3) is 0.400. The van der Waals surface area contributed by atoms with Gasteiger partial charge in [-0.3, -0.25) is 9.59 Å². The number of carbonyl (C=O) groups excluding carboxylic acids is 1. The molecule has 6 heteroatoms. The molecule has 0 bridgehead atoms. The number of nitrogens with zero attached hydrogens (tertiary/aromatic N) is 3. The molecule has 2 aromatic heterocycles. The molecular weight excluding hydrogens is 328 g/mol.